The summed E-state index contributed by atoms with van der Waals surface area (Å²) in [5.74, 6) is 0.360. The van der Waals surface area contributed by atoms with Crippen molar-refractivity contribution in [1.82, 2.24) is 20.7 Å². The van der Waals surface area contributed by atoms with E-state index in [0.717, 1.165) is 49.3 Å². The molecule has 0 spiro atoms. The zero-order chi connectivity index (χ0) is 15.1. The molecule has 3 N–H and O–H groups in total. The average molecular weight is 302 g/mol. The Morgan fingerprint density at radius 2 is 2.41 bits per heavy atom. The number of fused-ring (bicyclic) bond motifs is 3. The highest BCUT2D eigenvalue weighted by atomic mass is 16.5. The number of carbonyl (C=O) groups is 1. The Kier molecular flexibility index (Phi) is 3.60. The van der Waals surface area contributed by atoms with Crippen molar-refractivity contribution >= 4 is 5.91 Å². The molecule has 3 atom stereocenters. The number of hydrogen-bond acceptors (Lipinski definition) is 5. The number of hydrogen-bond donors (Lipinski definition) is 3. The van der Waals surface area contributed by atoms with E-state index >= 15 is 0 Å². The van der Waals surface area contributed by atoms with E-state index in [1.54, 1.807) is 11.7 Å². The molecular weight excluding hydrogens is 280 g/mol. The molecule has 1 aromatic rings. The van der Waals surface area contributed by atoms with Gasteiger partial charge in [-0.1, -0.05) is 0 Å². The number of nitrogens with zero attached hydrogens (tertiary/aromatic N) is 2. The van der Waals surface area contributed by atoms with Gasteiger partial charge in [0.05, 0.1) is 11.3 Å². The van der Waals surface area contributed by atoms with Crippen molar-refractivity contribution in [3.8, 4) is 0 Å². The summed E-state index contributed by atoms with van der Waals surface area (Å²) >= 11 is 0. The summed E-state index contributed by atoms with van der Waals surface area (Å²) in [5.41, 5.74) is 4.27. The molecule has 1 amide bonds. The SMILES string of the molecule is O=C(NO)c1cnc2c(c1)CCN(CC1NC3CCC1C3)C2. The standard InChI is InChI=1S/C16H22N4O2/c21-16(19-22)12-5-11-3-4-20(8-14(11)17-7-12)9-15-10-1-2-13(6-10)18-15/h5,7,10,13,15,18,22H,1-4,6,8-9H2,(H,19,21). The van der Waals surface area contributed by atoms with E-state index in [-0.39, 0.29) is 0 Å². The van der Waals surface area contributed by atoms with Gasteiger partial charge in [-0.15, -0.1) is 0 Å². The largest absolute Gasteiger partial charge is 0.310 e. The van der Waals surface area contributed by atoms with E-state index in [4.69, 9.17) is 5.21 Å². The highest BCUT2D eigenvalue weighted by Gasteiger charge is 2.39. The summed E-state index contributed by atoms with van der Waals surface area (Å²) in [6.45, 7) is 2.96. The Labute approximate surface area is 129 Å². The van der Waals surface area contributed by atoms with Crippen LogP contribution in [0.25, 0.3) is 0 Å². The van der Waals surface area contributed by atoms with Gasteiger partial charge >= 0.3 is 0 Å². The Bertz CT molecular complexity index is 592. The van der Waals surface area contributed by atoms with E-state index in [9.17, 15) is 4.79 Å². The fraction of sp³-hybridized carbons (Fsp3) is 0.625. The predicted molar refractivity (Wildman–Crippen MR) is 80.5 cm³/mol. The van der Waals surface area contributed by atoms with Gasteiger partial charge in [0.25, 0.3) is 5.91 Å². The van der Waals surface area contributed by atoms with Gasteiger partial charge in [0.1, 0.15) is 0 Å². The summed E-state index contributed by atoms with van der Waals surface area (Å²) in [7, 11) is 0. The van der Waals surface area contributed by atoms with E-state index in [1.165, 1.54) is 19.3 Å². The lowest BCUT2D eigenvalue weighted by molar-refractivity contribution is 0.0705. The smallest absolute Gasteiger partial charge is 0.276 e. The fourth-order valence-electron chi connectivity index (χ4n) is 4.26. The highest BCUT2D eigenvalue weighted by Crippen LogP contribution is 2.35. The maximum Gasteiger partial charge on any atom is 0.276 e. The van der Waals surface area contributed by atoms with Gasteiger partial charge in [0.2, 0.25) is 0 Å². The third-order valence-corrected chi connectivity index (χ3v) is 5.44. The van der Waals surface area contributed by atoms with Crippen molar-refractivity contribution in [1.29, 1.82) is 0 Å². The average Bonchev–Trinajstić information content (AvgIpc) is 3.16. The van der Waals surface area contributed by atoms with E-state index in [1.807, 2.05) is 6.07 Å². The summed E-state index contributed by atoms with van der Waals surface area (Å²) in [6, 6.07) is 3.24. The normalized spacial score (nSPS) is 30.3. The fourth-order valence-corrected chi connectivity index (χ4v) is 4.26. The molecule has 2 bridgehead atoms. The van der Waals surface area contributed by atoms with Gasteiger partial charge in [0, 0.05) is 37.9 Å². The number of rotatable bonds is 3. The van der Waals surface area contributed by atoms with Gasteiger partial charge in [-0.25, -0.2) is 5.48 Å². The number of carbonyl (C=O) groups excluding carboxylic acids is 1. The molecule has 0 radical (unpaired) electrons. The molecule has 3 aliphatic rings. The van der Waals surface area contributed by atoms with Crippen LogP contribution < -0.4 is 10.8 Å². The first-order chi connectivity index (χ1) is 10.7. The van der Waals surface area contributed by atoms with Gasteiger partial charge in [0.15, 0.2) is 0 Å². The molecule has 1 saturated carbocycles. The molecule has 3 unspecified atom stereocenters. The van der Waals surface area contributed by atoms with Crippen LogP contribution in [0.5, 0.6) is 0 Å². The molecule has 0 aromatic carbocycles. The molecule has 4 rings (SSSR count). The second kappa shape index (κ2) is 5.61. The zero-order valence-corrected chi connectivity index (χ0v) is 12.6. The van der Waals surface area contributed by atoms with Crippen molar-refractivity contribution in [2.45, 2.75) is 44.3 Å². The molecule has 6 nitrogen and oxygen atoms in total. The number of amides is 1. The molecule has 1 saturated heterocycles. The molecule has 22 heavy (non-hydrogen) atoms. The minimum atomic E-state index is -0.496. The predicted octanol–water partition coefficient (Wildman–Crippen LogP) is 0.699. The van der Waals surface area contributed by atoms with Crippen molar-refractivity contribution < 1.29 is 10.0 Å². The first-order valence-electron chi connectivity index (χ1n) is 8.13. The van der Waals surface area contributed by atoms with Crippen molar-refractivity contribution in [2.24, 2.45) is 5.92 Å². The maximum absolute atomic E-state index is 11.4. The topological polar surface area (TPSA) is 77.5 Å². The van der Waals surface area contributed by atoms with Crippen molar-refractivity contribution in [2.75, 3.05) is 13.1 Å². The minimum Gasteiger partial charge on any atom is -0.310 e. The molecule has 1 aliphatic carbocycles. The molecular formula is C16H22N4O2. The first-order valence-corrected chi connectivity index (χ1v) is 8.13. The zero-order valence-electron chi connectivity index (χ0n) is 12.6. The lowest BCUT2D eigenvalue weighted by atomic mass is 9.97. The van der Waals surface area contributed by atoms with Crippen LogP contribution in [0.2, 0.25) is 0 Å². The lowest BCUT2D eigenvalue weighted by Crippen LogP contribution is -2.46. The molecule has 2 fully saturated rings. The van der Waals surface area contributed by atoms with Crippen LogP contribution in [0.15, 0.2) is 12.3 Å². The third kappa shape index (κ3) is 2.51. The van der Waals surface area contributed by atoms with Crippen LogP contribution in [-0.2, 0) is 13.0 Å². The van der Waals surface area contributed by atoms with Gasteiger partial charge in [-0.05, 0) is 43.2 Å². The molecule has 1 aromatic heterocycles. The summed E-state index contributed by atoms with van der Waals surface area (Å²) in [4.78, 5) is 18.3. The van der Waals surface area contributed by atoms with Gasteiger partial charge < -0.3 is 5.32 Å². The summed E-state index contributed by atoms with van der Waals surface area (Å²) in [6.07, 6.45) is 6.54. The Morgan fingerprint density at radius 3 is 3.14 bits per heavy atom. The van der Waals surface area contributed by atoms with Crippen LogP contribution in [0.4, 0.5) is 0 Å². The van der Waals surface area contributed by atoms with Gasteiger partial charge in [-0.3, -0.25) is 19.9 Å². The Balaban J connectivity index is 1.42. The third-order valence-electron chi connectivity index (χ3n) is 5.44. The summed E-state index contributed by atoms with van der Waals surface area (Å²) in [5, 5.41) is 12.5. The lowest BCUT2D eigenvalue weighted by Gasteiger charge is -2.33. The van der Waals surface area contributed by atoms with Crippen LogP contribution in [0, 0.1) is 5.92 Å². The molecule has 6 heteroatoms. The van der Waals surface area contributed by atoms with Crippen LogP contribution in [0.3, 0.4) is 0 Å². The maximum atomic E-state index is 11.4. The van der Waals surface area contributed by atoms with Gasteiger partial charge in [-0.2, -0.15) is 0 Å². The van der Waals surface area contributed by atoms with Crippen molar-refractivity contribution in [3.05, 3.63) is 29.1 Å². The van der Waals surface area contributed by atoms with Crippen LogP contribution in [-0.4, -0.2) is 46.2 Å². The number of aromatic nitrogens is 1. The summed E-state index contributed by atoms with van der Waals surface area (Å²) < 4.78 is 0. The number of nitrogens with one attached hydrogen (secondary N) is 2. The van der Waals surface area contributed by atoms with E-state index in [2.05, 4.69) is 15.2 Å². The monoisotopic (exact) mass is 302 g/mol. The molecule has 118 valence electrons. The number of hydroxylamine groups is 1. The second-order valence-electron chi connectivity index (χ2n) is 6.80. The Morgan fingerprint density at radius 1 is 1.50 bits per heavy atom. The van der Waals surface area contributed by atoms with Crippen LogP contribution in [0.1, 0.15) is 40.9 Å². The second-order valence-corrected chi connectivity index (χ2v) is 6.80. The number of piperidine rings is 1. The Hall–Kier alpha value is -1.50. The van der Waals surface area contributed by atoms with E-state index in [0.29, 0.717) is 11.6 Å². The van der Waals surface area contributed by atoms with Crippen molar-refractivity contribution in [3.63, 3.8) is 0 Å². The highest BCUT2D eigenvalue weighted by molar-refractivity contribution is 5.93. The van der Waals surface area contributed by atoms with Crippen LogP contribution >= 0.6 is 0 Å². The molecule has 3 heterocycles. The minimum absolute atomic E-state index is 0.421. The quantitative estimate of drug-likeness (QED) is 0.566. The van der Waals surface area contributed by atoms with E-state index < -0.39 is 5.91 Å². The first kappa shape index (κ1) is 14.1. The molecule has 2 aliphatic heterocycles. The number of pyridine rings is 1.